The van der Waals surface area contributed by atoms with E-state index in [-0.39, 0.29) is 5.78 Å². The number of Topliss-reactive ketones (excluding diaryl/α,β-unsaturated/α-hetero) is 1. The molecular formula is C37H54N6O. The molecule has 44 heavy (non-hydrogen) atoms. The largest absolute Gasteiger partial charge is 0.382 e. The zero-order chi connectivity index (χ0) is 31.0. The number of para-hydroxylation sites is 1. The van der Waals surface area contributed by atoms with Gasteiger partial charge in [-0.1, -0.05) is 94.8 Å². The molecule has 0 aliphatic heterocycles. The van der Waals surface area contributed by atoms with E-state index in [9.17, 15) is 4.79 Å². The van der Waals surface area contributed by atoms with Crippen molar-refractivity contribution < 1.29 is 4.79 Å². The number of ketones is 1. The molecule has 4 N–H and O–H groups in total. The highest BCUT2D eigenvalue weighted by Crippen LogP contribution is 2.30. The van der Waals surface area contributed by atoms with Gasteiger partial charge < -0.3 is 20.9 Å². The molecule has 7 nitrogen and oxygen atoms in total. The van der Waals surface area contributed by atoms with Crippen LogP contribution >= 0.6 is 0 Å². The monoisotopic (exact) mass is 598 g/mol. The molecule has 0 fully saturated rings. The number of carbonyl (C=O) groups is 1. The summed E-state index contributed by atoms with van der Waals surface area (Å²) in [6.45, 7) is 9.57. The Morgan fingerprint density at radius 1 is 0.750 bits per heavy atom. The Bertz CT molecular complexity index is 1430. The van der Waals surface area contributed by atoms with Crippen LogP contribution in [0.1, 0.15) is 113 Å². The van der Waals surface area contributed by atoms with E-state index >= 15 is 0 Å². The van der Waals surface area contributed by atoms with Gasteiger partial charge in [-0.15, -0.1) is 0 Å². The number of aromatic nitrogens is 3. The molecule has 4 rings (SSSR count). The zero-order valence-electron chi connectivity index (χ0n) is 27.2. The average molecular weight is 599 g/mol. The minimum atomic E-state index is 0.245. The van der Waals surface area contributed by atoms with E-state index in [0.717, 1.165) is 97.2 Å². The molecule has 0 saturated heterocycles. The van der Waals surface area contributed by atoms with Gasteiger partial charge in [0.15, 0.2) is 11.6 Å². The van der Waals surface area contributed by atoms with Gasteiger partial charge in [-0.2, -0.15) is 0 Å². The molecule has 0 amide bonds. The first kappa shape index (κ1) is 33.6. The number of hydrogen-bond acceptors (Lipinski definition) is 6. The number of unbranched alkanes of at least 4 members (excludes halogenated alkanes) is 7. The van der Waals surface area contributed by atoms with Crippen LogP contribution in [0.5, 0.6) is 0 Å². The van der Waals surface area contributed by atoms with Crippen LogP contribution in [-0.2, 0) is 13.0 Å². The van der Waals surface area contributed by atoms with E-state index < -0.39 is 0 Å². The van der Waals surface area contributed by atoms with Crippen LogP contribution in [0.2, 0.25) is 0 Å². The van der Waals surface area contributed by atoms with Crippen molar-refractivity contribution in [2.24, 2.45) is 0 Å². The fourth-order valence-electron chi connectivity index (χ4n) is 5.91. The van der Waals surface area contributed by atoms with Gasteiger partial charge in [0.1, 0.15) is 11.3 Å². The first-order valence-electron chi connectivity index (χ1n) is 17.2. The van der Waals surface area contributed by atoms with Crippen molar-refractivity contribution in [2.75, 3.05) is 31.9 Å². The van der Waals surface area contributed by atoms with Crippen LogP contribution < -0.4 is 16.4 Å². The van der Waals surface area contributed by atoms with Crippen LogP contribution in [0.3, 0.4) is 0 Å². The number of fused-ring (bicyclic) bond motifs is 3. The van der Waals surface area contributed by atoms with Crippen LogP contribution in [0.25, 0.3) is 21.9 Å². The molecule has 0 spiro atoms. The molecule has 0 aliphatic rings. The predicted octanol–water partition coefficient (Wildman–Crippen LogP) is 7.84. The van der Waals surface area contributed by atoms with E-state index in [0.29, 0.717) is 18.8 Å². The summed E-state index contributed by atoms with van der Waals surface area (Å²) in [5.41, 5.74) is 11.0. The summed E-state index contributed by atoms with van der Waals surface area (Å²) in [5.74, 6) is 1.76. The Hall–Kier alpha value is -3.29. The van der Waals surface area contributed by atoms with E-state index in [1.807, 2.05) is 30.3 Å². The lowest BCUT2D eigenvalue weighted by atomic mass is 10.0. The van der Waals surface area contributed by atoms with Crippen LogP contribution in [0.15, 0.2) is 48.5 Å². The summed E-state index contributed by atoms with van der Waals surface area (Å²) in [6, 6.07) is 16.3. The number of rotatable bonds is 22. The number of nitrogen functional groups attached to an aromatic ring is 1. The van der Waals surface area contributed by atoms with E-state index in [1.165, 1.54) is 44.9 Å². The lowest BCUT2D eigenvalue weighted by molar-refractivity contribution is 0.0979. The van der Waals surface area contributed by atoms with Gasteiger partial charge in [-0.25, -0.2) is 9.97 Å². The second-order valence-electron chi connectivity index (χ2n) is 12.1. The topological polar surface area (TPSA) is 97.9 Å². The molecule has 0 saturated carbocycles. The molecule has 2 aromatic heterocycles. The third kappa shape index (κ3) is 9.86. The lowest BCUT2D eigenvalue weighted by Crippen LogP contribution is -2.23. The predicted molar refractivity (Wildman–Crippen MR) is 186 cm³/mol. The number of hydrogen-bond donors (Lipinski definition) is 3. The highest BCUT2D eigenvalue weighted by atomic mass is 16.1. The molecule has 0 unspecified atom stereocenters. The molecular weight excluding hydrogens is 544 g/mol. The maximum atomic E-state index is 12.9. The van der Waals surface area contributed by atoms with Gasteiger partial charge in [0.2, 0.25) is 0 Å². The van der Waals surface area contributed by atoms with Gasteiger partial charge in [0.05, 0.1) is 11.0 Å². The maximum absolute atomic E-state index is 12.9. The normalized spacial score (nSPS) is 11.6. The van der Waals surface area contributed by atoms with Crippen molar-refractivity contribution in [3.05, 3.63) is 65.5 Å². The van der Waals surface area contributed by atoms with Crippen molar-refractivity contribution in [3.8, 4) is 0 Å². The molecule has 0 aliphatic carbocycles. The Kier molecular flexibility index (Phi) is 14.1. The first-order chi connectivity index (χ1) is 21.6. The highest BCUT2D eigenvalue weighted by Gasteiger charge is 2.17. The minimum Gasteiger partial charge on any atom is -0.382 e. The van der Waals surface area contributed by atoms with Crippen molar-refractivity contribution >= 4 is 33.5 Å². The smallest absolute Gasteiger partial charge is 0.162 e. The second kappa shape index (κ2) is 18.5. The van der Waals surface area contributed by atoms with Gasteiger partial charge >= 0.3 is 0 Å². The lowest BCUT2D eigenvalue weighted by Gasteiger charge is -2.12. The van der Waals surface area contributed by atoms with Crippen LogP contribution in [0.4, 0.5) is 5.82 Å². The first-order valence-corrected chi connectivity index (χ1v) is 17.2. The standard InChI is InChI=1S/C37H54N6O/c1-3-5-19-34-42-35-36(31-16-12-13-17-32(31)41-37(35)38)43(34)28-29-20-22-30(23-21-29)33(44)18-11-9-7-6-8-10-14-25-40-27-15-26-39-24-4-2/h12-13,16-17,20-23,39-40H,3-11,14-15,18-19,24-28H2,1-2H3,(H2,38,41). The number of anilines is 1. The number of nitrogens with one attached hydrogen (secondary N) is 2. The molecule has 0 bridgehead atoms. The number of aryl methyl sites for hydroxylation is 1. The van der Waals surface area contributed by atoms with Gasteiger partial charge in [-0.3, -0.25) is 4.79 Å². The molecule has 7 heteroatoms. The summed E-state index contributed by atoms with van der Waals surface area (Å²) < 4.78 is 2.30. The van der Waals surface area contributed by atoms with Crippen molar-refractivity contribution in [1.82, 2.24) is 25.2 Å². The summed E-state index contributed by atoms with van der Waals surface area (Å²) in [5, 5.41) is 8.06. The van der Waals surface area contributed by atoms with Crippen molar-refractivity contribution in [2.45, 2.75) is 104 Å². The van der Waals surface area contributed by atoms with Gasteiger partial charge in [-0.05, 0) is 69.9 Å². The van der Waals surface area contributed by atoms with Gasteiger partial charge in [0, 0.05) is 30.3 Å². The van der Waals surface area contributed by atoms with Crippen LogP contribution in [0, 0.1) is 0 Å². The summed E-state index contributed by atoms with van der Waals surface area (Å²) in [7, 11) is 0. The highest BCUT2D eigenvalue weighted by molar-refractivity contribution is 6.06. The molecule has 2 heterocycles. The van der Waals surface area contributed by atoms with Crippen LogP contribution in [-0.4, -0.2) is 46.5 Å². The number of imidazole rings is 1. The Morgan fingerprint density at radius 3 is 2.18 bits per heavy atom. The third-order valence-electron chi connectivity index (χ3n) is 8.45. The Morgan fingerprint density at radius 2 is 1.43 bits per heavy atom. The summed E-state index contributed by atoms with van der Waals surface area (Å²) >= 11 is 0. The van der Waals surface area contributed by atoms with E-state index in [2.05, 4.69) is 52.2 Å². The van der Waals surface area contributed by atoms with Gasteiger partial charge in [0.25, 0.3) is 0 Å². The number of carbonyl (C=O) groups excluding carboxylic acids is 1. The zero-order valence-corrected chi connectivity index (χ0v) is 27.2. The maximum Gasteiger partial charge on any atom is 0.162 e. The fourth-order valence-corrected chi connectivity index (χ4v) is 5.91. The van der Waals surface area contributed by atoms with E-state index in [4.69, 9.17) is 10.7 Å². The minimum absolute atomic E-state index is 0.245. The molecule has 4 aromatic rings. The third-order valence-corrected chi connectivity index (χ3v) is 8.45. The number of nitrogens with two attached hydrogens (primary N) is 1. The van der Waals surface area contributed by atoms with Crippen molar-refractivity contribution in [3.63, 3.8) is 0 Å². The molecule has 0 radical (unpaired) electrons. The number of benzene rings is 2. The quantitative estimate of drug-likeness (QED) is 0.0630. The molecule has 2 aromatic carbocycles. The fraction of sp³-hybridized carbons (Fsp3) is 0.541. The number of nitrogens with zero attached hydrogens (tertiary/aromatic N) is 3. The second-order valence-corrected chi connectivity index (χ2v) is 12.1. The Balaban J connectivity index is 1.20. The molecule has 238 valence electrons. The average Bonchev–Trinajstić information content (AvgIpc) is 3.40. The SMILES string of the molecule is CCCCc1nc2c(N)nc3ccccc3c2n1Cc1ccc(C(=O)CCCCCCCCCNCCCNCCC)cc1. The molecule has 0 atom stereocenters. The summed E-state index contributed by atoms with van der Waals surface area (Å²) in [4.78, 5) is 22.4. The van der Waals surface area contributed by atoms with Crippen molar-refractivity contribution in [1.29, 1.82) is 0 Å². The number of pyridine rings is 1. The Labute approximate surface area is 264 Å². The van der Waals surface area contributed by atoms with E-state index in [1.54, 1.807) is 0 Å². The summed E-state index contributed by atoms with van der Waals surface area (Å²) in [6.07, 6.45) is 14.5.